The van der Waals surface area contributed by atoms with Crippen molar-refractivity contribution >= 4 is 22.7 Å². The van der Waals surface area contributed by atoms with Gasteiger partial charge in [0.15, 0.2) is 0 Å². The van der Waals surface area contributed by atoms with Crippen LogP contribution in [0, 0.1) is 0 Å². The number of hydrogen-bond acceptors (Lipinski definition) is 2. The number of primary amides is 1. The summed E-state index contributed by atoms with van der Waals surface area (Å²) in [6.07, 6.45) is -0.480. The van der Waals surface area contributed by atoms with Crippen molar-refractivity contribution in [2.75, 3.05) is 6.54 Å². The first-order chi connectivity index (χ1) is 18.2. The number of rotatable bonds is 7. The van der Waals surface area contributed by atoms with Crippen LogP contribution in [0.5, 0.6) is 0 Å². The van der Waals surface area contributed by atoms with Gasteiger partial charge in [-0.1, -0.05) is 80.6 Å². The quantitative estimate of drug-likeness (QED) is 0.355. The van der Waals surface area contributed by atoms with Crippen LogP contribution in [0.15, 0.2) is 72.8 Å². The molecule has 1 aliphatic heterocycles. The molecule has 2 heterocycles. The van der Waals surface area contributed by atoms with Gasteiger partial charge in [-0.25, -0.2) is 4.39 Å². The fourth-order valence-electron chi connectivity index (χ4n) is 5.69. The second kappa shape index (κ2) is 10.4. The van der Waals surface area contributed by atoms with Crippen LogP contribution in [0.3, 0.4) is 0 Å². The summed E-state index contributed by atoms with van der Waals surface area (Å²) in [5.41, 5.74) is 13.1. The fourth-order valence-corrected chi connectivity index (χ4v) is 5.69. The molecule has 3 aromatic carbocycles. The predicted molar refractivity (Wildman–Crippen MR) is 150 cm³/mol. The normalized spacial score (nSPS) is 17.4. The zero-order chi connectivity index (χ0) is 27.0. The number of hydrogen-bond donors (Lipinski definition) is 1. The van der Waals surface area contributed by atoms with Crippen molar-refractivity contribution in [2.24, 2.45) is 12.8 Å². The Bertz CT molecular complexity index is 1490. The number of alkyl halides is 1. The summed E-state index contributed by atoms with van der Waals surface area (Å²) in [6.45, 7) is 4.28. The van der Waals surface area contributed by atoms with E-state index in [4.69, 9.17) is 5.73 Å². The van der Waals surface area contributed by atoms with Gasteiger partial charge in [0.2, 0.25) is 11.8 Å². The minimum absolute atomic E-state index is 0.0402. The maximum absolute atomic E-state index is 14.2. The van der Waals surface area contributed by atoms with Gasteiger partial charge in [0.1, 0.15) is 12.2 Å². The van der Waals surface area contributed by atoms with Gasteiger partial charge >= 0.3 is 0 Å². The molecule has 196 valence electrons. The van der Waals surface area contributed by atoms with Gasteiger partial charge < -0.3 is 15.2 Å². The fraction of sp³-hybridized carbons (Fsp3) is 0.312. The number of benzene rings is 3. The van der Waals surface area contributed by atoms with Crippen LogP contribution < -0.4 is 5.73 Å². The van der Waals surface area contributed by atoms with Crippen LogP contribution in [-0.2, 0) is 29.5 Å². The van der Waals surface area contributed by atoms with Crippen molar-refractivity contribution in [2.45, 2.75) is 51.2 Å². The maximum atomic E-state index is 14.2. The Hall–Kier alpha value is -3.93. The SMILES string of the molecule is CC(C)c1ccc(Cc2ccccc2-c2c(CC(=O)N3C[C@H](F)C[C@H]3C(N)=O)n(C)c3ccccc23)cc1. The molecule has 4 aromatic rings. The number of fused-ring (bicyclic) bond motifs is 1. The number of halogens is 1. The monoisotopic (exact) mass is 511 g/mol. The van der Waals surface area contributed by atoms with E-state index in [2.05, 4.69) is 56.3 Å². The molecule has 1 aromatic heterocycles. The molecule has 0 bridgehead atoms. The minimum Gasteiger partial charge on any atom is -0.368 e. The standard InChI is InChI=1S/C32H34FN3O2/c1-20(2)22-14-12-21(13-15-22)16-23-8-4-5-9-25(23)31-26-10-6-7-11-27(26)35(3)28(31)18-30(37)36-19-24(33)17-29(36)32(34)38/h4-15,20,24,29H,16-19H2,1-3H3,(H2,34,38)/t24-,29+/m1/s1. The van der Waals surface area contributed by atoms with Crippen molar-refractivity contribution in [3.63, 3.8) is 0 Å². The van der Waals surface area contributed by atoms with Crippen LogP contribution in [0.1, 0.15) is 48.6 Å². The zero-order valence-corrected chi connectivity index (χ0v) is 22.2. The van der Waals surface area contributed by atoms with E-state index in [9.17, 15) is 14.0 Å². The smallest absolute Gasteiger partial charge is 0.240 e. The molecule has 38 heavy (non-hydrogen) atoms. The van der Waals surface area contributed by atoms with Crippen molar-refractivity contribution < 1.29 is 14.0 Å². The van der Waals surface area contributed by atoms with Gasteiger partial charge in [-0.15, -0.1) is 0 Å². The Morgan fingerprint density at radius 2 is 1.68 bits per heavy atom. The molecule has 1 fully saturated rings. The summed E-state index contributed by atoms with van der Waals surface area (Å²) in [5, 5.41) is 1.05. The van der Waals surface area contributed by atoms with Crippen molar-refractivity contribution in [3.05, 3.63) is 95.2 Å². The van der Waals surface area contributed by atoms with E-state index in [1.165, 1.54) is 16.0 Å². The molecule has 1 saturated heterocycles. The Balaban J connectivity index is 1.57. The Kier molecular flexibility index (Phi) is 7.06. The van der Waals surface area contributed by atoms with Crippen LogP contribution in [0.25, 0.3) is 22.0 Å². The Morgan fingerprint density at radius 3 is 2.39 bits per heavy atom. The summed E-state index contributed by atoms with van der Waals surface area (Å²) >= 11 is 0. The molecule has 0 saturated carbocycles. The van der Waals surface area contributed by atoms with Gasteiger partial charge in [-0.2, -0.15) is 0 Å². The summed E-state index contributed by atoms with van der Waals surface area (Å²) in [5.74, 6) is -0.475. The molecule has 2 atom stereocenters. The molecule has 1 aliphatic rings. The first-order valence-electron chi connectivity index (χ1n) is 13.2. The third-order valence-electron chi connectivity index (χ3n) is 7.77. The average molecular weight is 512 g/mol. The van der Waals surface area contributed by atoms with Crippen LogP contribution in [0.4, 0.5) is 4.39 Å². The topological polar surface area (TPSA) is 68.3 Å². The highest BCUT2D eigenvalue weighted by atomic mass is 19.1. The number of nitrogens with two attached hydrogens (primary N) is 1. The summed E-state index contributed by atoms with van der Waals surface area (Å²) in [4.78, 5) is 26.7. The molecule has 0 unspecified atom stereocenters. The third kappa shape index (κ3) is 4.83. The van der Waals surface area contributed by atoms with Crippen molar-refractivity contribution in [3.8, 4) is 11.1 Å². The lowest BCUT2D eigenvalue weighted by Gasteiger charge is -2.22. The number of aromatic nitrogens is 1. The lowest BCUT2D eigenvalue weighted by molar-refractivity contribution is -0.136. The molecule has 0 spiro atoms. The number of carbonyl (C=O) groups is 2. The highest BCUT2D eigenvalue weighted by Gasteiger charge is 2.39. The van der Waals surface area contributed by atoms with E-state index in [0.717, 1.165) is 39.7 Å². The van der Waals surface area contributed by atoms with Crippen LogP contribution in [-0.4, -0.2) is 40.0 Å². The van der Waals surface area contributed by atoms with E-state index in [1.807, 2.05) is 41.9 Å². The van der Waals surface area contributed by atoms with Gasteiger partial charge in [-0.05, 0) is 40.7 Å². The molecule has 2 amide bonds. The molecule has 0 aliphatic carbocycles. The van der Waals surface area contributed by atoms with E-state index in [1.54, 1.807) is 0 Å². The molecule has 5 nitrogen and oxygen atoms in total. The first kappa shape index (κ1) is 25.7. The summed E-state index contributed by atoms with van der Waals surface area (Å²) in [7, 11) is 1.95. The number of carbonyl (C=O) groups excluding carboxylic acids is 2. The zero-order valence-electron chi connectivity index (χ0n) is 22.2. The van der Waals surface area contributed by atoms with Crippen molar-refractivity contribution in [1.29, 1.82) is 0 Å². The number of aryl methyl sites for hydroxylation is 1. The van der Waals surface area contributed by atoms with Gasteiger partial charge in [0, 0.05) is 35.6 Å². The van der Waals surface area contributed by atoms with Crippen molar-refractivity contribution in [1.82, 2.24) is 9.47 Å². The van der Waals surface area contributed by atoms with Crippen LogP contribution in [0.2, 0.25) is 0 Å². The molecule has 6 heteroatoms. The van der Waals surface area contributed by atoms with E-state index in [0.29, 0.717) is 5.92 Å². The highest BCUT2D eigenvalue weighted by molar-refractivity contribution is 6.01. The summed E-state index contributed by atoms with van der Waals surface area (Å²) < 4.78 is 16.2. The molecular formula is C32H34FN3O2. The Morgan fingerprint density at radius 1 is 1.00 bits per heavy atom. The molecule has 5 rings (SSSR count). The molecule has 0 radical (unpaired) electrons. The van der Waals surface area contributed by atoms with E-state index in [-0.39, 0.29) is 25.3 Å². The number of nitrogens with zero attached hydrogens (tertiary/aromatic N) is 2. The van der Waals surface area contributed by atoms with Gasteiger partial charge in [0.25, 0.3) is 0 Å². The lowest BCUT2D eigenvalue weighted by atomic mass is 9.91. The lowest BCUT2D eigenvalue weighted by Crippen LogP contribution is -2.44. The van der Waals surface area contributed by atoms with Gasteiger partial charge in [-0.3, -0.25) is 9.59 Å². The Labute approximate surface area is 223 Å². The number of likely N-dealkylation sites (tertiary alicyclic amines) is 1. The average Bonchev–Trinajstić information content (AvgIpc) is 3.43. The second-order valence-corrected chi connectivity index (χ2v) is 10.6. The second-order valence-electron chi connectivity index (χ2n) is 10.6. The first-order valence-corrected chi connectivity index (χ1v) is 13.2. The number of amides is 2. The molecule has 2 N–H and O–H groups in total. The predicted octanol–water partition coefficient (Wildman–Crippen LogP) is 5.53. The third-order valence-corrected chi connectivity index (χ3v) is 7.77. The van der Waals surface area contributed by atoms with E-state index >= 15 is 0 Å². The van der Waals surface area contributed by atoms with Gasteiger partial charge in [0.05, 0.1) is 13.0 Å². The maximum Gasteiger partial charge on any atom is 0.240 e. The minimum atomic E-state index is -1.24. The van der Waals surface area contributed by atoms with Crippen LogP contribution >= 0.6 is 0 Å². The van der Waals surface area contributed by atoms with E-state index < -0.39 is 18.1 Å². The summed E-state index contributed by atoms with van der Waals surface area (Å²) in [6, 6.07) is 24.2. The largest absolute Gasteiger partial charge is 0.368 e. The highest BCUT2D eigenvalue weighted by Crippen LogP contribution is 2.38. The molecular weight excluding hydrogens is 477 g/mol. The number of para-hydroxylation sites is 1.